The number of nitrogens with one attached hydrogen (secondary N) is 1. The smallest absolute Gasteiger partial charge is 0.230 e. The van der Waals surface area contributed by atoms with Crippen molar-refractivity contribution in [2.24, 2.45) is 0 Å². The van der Waals surface area contributed by atoms with Crippen LogP contribution in [0.25, 0.3) is 0 Å². The summed E-state index contributed by atoms with van der Waals surface area (Å²) in [6.45, 7) is 5.42. The lowest BCUT2D eigenvalue weighted by atomic mass is 9.95. The summed E-state index contributed by atoms with van der Waals surface area (Å²) in [7, 11) is 0. The van der Waals surface area contributed by atoms with Gasteiger partial charge in [-0.15, -0.1) is 0 Å². The molecule has 5 heteroatoms. The summed E-state index contributed by atoms with van der Waals surface area (Å²) < 4.78 is 5.33. The van der Waals surface area contributed by atoms with E-state index in [2.05, 4.69) is 10.2 Å². The molecule has 1 saturated carbocycles. The Morgan fingerprint density at radius 2 is 1.91 bits per heavy atom. The van der Waals surface area contributed by atoms with Crippen LogP contribution in [0.15, 0.2) is 24.3 Å². The van der Waals surface area contributed by atoms with Crippen LogP contribution in [-0.4, -0.2) is 50.2 Å². The van der Waals surface area contributed by atoms with E-state index in [4.69, 9.17) is 16.3 Å². The van der Waals surface area contributed by atoms with Crippen molar-refractivity contribution in [1.29, 1.82) is 0 Å². The molecule has 1 heterocycles. The molecule has 2 fully saturated rings. The Labute approximate surface area is 136 Å². The number of ether oxygens (including phenoxy) is 1. The minimum atomic E-state index is -0.302. The van der Waals surface area contributed by atoms with E-state index < -0.39 is 0 Å². The van der Waals surface area contributed by atoms with E-state index in [1.54, 1.807) is 0 Å². The van der Waals surface area contributed by atoms with Crippen molar-refractivity contribution in [3.8, 4) is 0 Å². The lowest BCUT2D eigenvalue weighted by Crippen LogP contribution is -2.39. The topological polar surface area (TPSA) is 41.6 Å². The number of morpholine rings is 1. The third-order valence-corrected chi connectivity index (χ3v) is 4.87. The third-order valence-electron chi connectivity index (χ3n) is 4.62. The second-order valence-electron chi connectivity index (χ2n) is 6.15. The molecule has 0 radical (unpaired) electrons. The standard InChI is InChI=1S/C17H23ClN2O2/c18-15-4-2-14(3-5-15)17(6-7-17)16(21)19-8-1-9-20-10-12-22-13-11-20/h2-5H,1,6-13H2,(H,19,21). The second-order valence-corrected chi connectivity index (χ2v) is 6.59. The van der Waals surface area contributed by atoms with Gasteiger partial charge in [0.15, 0.2) is 0 Å². The van der Waals surface area contributed by atoms with Crippen molar-refractivity contribution in [2.45, 2.75) is 24.7 Å². The fraction of sp³-hybridized carbons (Fsp3) is 0.588. The molecular formula is C17H23ClN2O2. The maximum absolute atomic E-state index is 12.5. The highest BCUT2D eigenvalue weighted by Crippen LogP contribution is 2.48. The number of amides is 1. The Bertz CT molecular complexity index is 508. The fourth-order valence-electron chi connectivity index (χ4n) is 3.04. The molecule has 1 aromatic rings. The Kier molecular flexibility index (Phi) is 5.01. The summed E-state index contributed by atoms with van der Waals surface area (Å²) >= 11 is 5.92. The maximum atomic E-state index is 12.5. The van der Waals surface area contributed by atoms with Gasteiger partial charge in [0.1, 0.15) is 0 Å². The Morgan fingerprint density at radius 1 is 1.23 bits per heavy atom. The molecule has 4 nitrogen and oxygen atoms in total. The molecule has 0 atom stereocenters. The number of carbonyl (C=O) groups excluding carboxylic acids is 1. The van der Waals surface area contributed by atoms with Gasteiger partial charge in [-0.05, 0) is 43.5 Å². The Balaban J connectivity index is 1.44. The number of nitrogens with zero attached hydrogens (tertiary/aromatic N) is 1. The molecule has 120 valence electrons. The molecule has 3 rings (SSSR count). The zero-order valence-corrected chi connectivity index (χ0v) is 13.6. The minimum Gasteiger partial charge on any atom is -0.379 e. The number of carbonyl (C=O) groups is 1. The van der Waals surface area contributed by atoms with Crippen LogP contribution in [0.1, 0.15) is 24.8 Å². The van der Waals surface area contributed by atoms with Gasteiger partial charge in [0.25, 0.3) is 0 Å². The van der Waals surface area contributed by atoms with Gasteiger partial charge in [-0.1, -0.05) is 23.7 Å². The van der Waals surface area contributed by atoms with E-state index in [9.17, 15) is 4.79 Å². The lowest BCUT2D eigenvalue weighted by Gasteiger charge is -2.26. The molecule has 1 amide bonds. The van der Waals surface area contributed by atoms with Crippen molar-refractivity contribution >= 4 is 17.5 Å². The van der Waals surface area contributed by atoms with Crippen LogP contribution in [0.4, 0.5) is 0 Å². The summed E-state index contributed by atoms with van der Waals surface area (Å²) in [6, 6.07) is 7.68. The minimum absolute atomic E-state index is 0.164. The van der Waals surface area contributed by atoms with Gasteiger partial charge < -0.3 is 10.1 Å². The van der Waals surface area contributed by atoms with Gasteiger partial charge in [0, 0.05) is 24.7 Å². The first-order valence-corrected chi connectivity index (χ1v) is 8.43. The van der Waals surface area contributed by atoms with Gasteiger partial charge in [0.05, 0.1) is 18.6 Å². The molecule has 0 spiro atoms. The molecule has 1 aliphatic heterocycles. The third kappa shape index (κ3) is 3.62. The lowest BCUT2D eigenvalue weighted by molar-refractivity contribution is -0.123. The fourth-order valence-corrected chi connectivity index (χ4v) is 3.17. The summed E-state index contributed by atoms with van der Waals surface area (Å²) in [5.41, 5.74) is 0.784. The van der Waals surface area contributed by atoms with E-state index >= 15 is 0 Å². The number of hydrogen-bond acceptors (Lipinski definition) is 3. The van der Waals surface area contributed by atoms with E-state index in [-0.39, 0.29) is 11.3 Å². The molecule has 1 aliphatic carbocycles. The highest BCUT2D eigenvalue weighted by atomic mass is 35.5. The van der Waals surface area contributed by atoms with Crippen molar-refractivity contribution < 1.29 is 9.53 Å². The Morgan fingerprint density at radius 3 is 2.55 bits per heavy atom. The van der Waals surface area contributed by atoms with Gasteiger partial charge in [-0.2, -0.15) is 0 Å². The number of hydrogen-bond donors (Lipinski definition) is 1. The average molecular weight is 323 g/mol. The molecular weight excluding hydrogens is 300 g/mol. The van der Waals surface area contributed by atoms with Crippen LogP contribution >= 0.6 is 11.6 Å². The molecule has 1 aromatic carbocycles. The first-order chi connectivity index (χ1) is 10.7. The van der Waals surface area contributed by atoms with Crippen molar-refractivity contribution in [1.82, 2.24) is 10.2 Å². The molecule has 1 N–H and O–H groups in total. The Hall–Kier alpha value is -1.10. The van der Waals surface area contributed by atoms with Gasteiger partial charge in [-0.25, -0.2) is 0 Å². The van der Waals surface area contributed by atoms with Crippen LogP contribution in [-0.2, 0) is 14.9 Å². The monoisotopic (exact) mass is 322 g/mol. The van der Waals surface area contributed by atoms with Crippen LogP contribution in [0, 0.1) is 0 Å². The van der Waals surface area contributed by atoms with E-state index in [1.807, 2.05) is 24.3 Å². The molecule has 1 saturated heterocycles. The summed E-state index contributed by atoms with van der Waals surface area (Å²) in [5, 5.41) is 3.82. The first-order valence-electron chi connectivity index (χ1n) is 8.05. The molecule has 0 aromatic heterocycles. The van der Waals surface area contributed by atoms with Crippen LogP contribution < -0.4 is 5.32 Å². The van der Waals surface area contributed by atoms with E-state index in [0.29, 0.717) is 5.02 Å². The second kappa shape index (κ2) is 6.99. The summed E-state index contributed by atoms with van der Waals surface area (Å²) in [6.07, 6.45) is 2.86. The SMILES string of the molecule is O=C(NCCCN1CCOCC1)C1(c2ccc(Cl)cc2)CC1. The highest BCUT2D eigenvalue weighted by Gasteiger charge is 2.50. The molecule has 2 aliphatic rings. The molecule has 0 unspecified atom stereocenters. The molecule has 0 bridgehead atoms. The van der Waals surface area contributed by atoms with Crippen LogP contribution in [0.2, 0.25) is 5.02 Å². The number of halogens is 1. The maximum Gasteiger partial charge on any atom is 0.230 e. The molecule has 22 heavy (non-hydrogen) atoms. The summed E-state index contributed by atoms with van der Waals surface area (Å²) in [5.74, 6) is 0.164. The highest BCUT2D eigenvalue weighted by molar-refractivity contribution is 6.30. The normalized spacial score (nSPS) is 20.6. The zero-order valence-electron chi connectivity index (χ0n) is 12.8. The van der Waals surface area contributed by atoms with Crippen LogP contribution in [0.3, 0.4) is 0 Å². The van der Waals surface area contributed by atoms with Crippen molar-refractivity contribution in [2.75, 3.05) is 39.4 Å². The summed E-state index contributed by atoms with van der Waals surface area (Å²) in [4.78, 5) is 14.9. The van der Waals surface area contributed by atoms with Gasteiger partial charge >= 0.3 is 0 Å². The average Bonchev–Trinajstić information content (AvgIpc) is 3.35. The first kappa shape index (κ1) is 15.8. The number of rotatable bonds is 6. The largest absolute Gasteiger partial charge is 0.379 e. The van der Waals surface area contributed by atoms with Gasteiger partial charge in [-0.3, -0.25) is 9.69 Å². The van der Waals surface area contributed by atoms with Crippen molar-refractivity contribution in [3.05, 3.63) is 34.9 Å². The number of benzene rings is 1. The van der Waals surface area contributed by atoms with E-state index in [1.165, 1.54) is 0 Å². The van der Waals surface area contributed by atoms with E-state index in [0.717, 1.165) is 64.2 Å². The van der Waals surface area contributed by atoms with Crippen LogP contribution in [0.5, 0.6) is 0 Å². The zero-order chi connectivity index (χ0) is 15.4. The van der Waals surface area contributed by atoms with Gasteiger partial charge in [0.2, 0.25) is 5.91 Å². The predicted molar refractivity (Wildman–Crippen MR) is 87.2 cm³/mol. The van der Waals surface area contributed by atoms with Crippen molar-refractivity contribution in [3.63, 3.8) is 0 Å². The predicted octanol–water partition coefficient (Wildman–Crippen LogP) is 2.21. The quantitative estimate of drug-likeness (QED) is 0.816.